The van der Waals surface area contributed by atoms with Gasteiger partial charge in [0.2, 0.25) is 0 Å². The second-order valence-electron chi connectivity index (χ2n) is 5.08. The van der Waals surface area contributed by atoms with Crippen molar-refractivity contribution in [1.29, 1.82) is 0 Å². The van der Waals surface area contributed by atoms with Crippen molar-refractivity contribution in [3.05, 3.63) is 41.0 Å². The van der Waals surface area contributed by atoms with Crippen molar-refractivity contribution >= 4 is 23.5 Å². The van der Waals surface area contributed by atoms with Gasteiger partial charge in [0.15, 0.2) is 11.5 Å². The van der Waals surface area contributed by atoms with E-state index in [1.807, 2.05) is 0 Å². The van der Waals surface area contributed by atoms with Gasteiger partial charge in [-0.15, -0.1) is 0 Å². The summed E-state index contributed by atoms with van der Waals surface area (Å²) in [7, 11) is 0. The van der Waals surface area contributed by atoms with Gasteiger partial charge >= 0.3 is 5.97 Å². The monoisotopic (exact) mass is 320 g/mol. The maximum atomic E-state index is 12.4. The Bertz CT molecular complexity index is 728. The zero-order valence-corrected chi connectivity index (χ0v) is 12.3. The summed E-state index contributed by atoms with van der Waals surface area (Å²) in [6.45, 7) is 0.412. The Kier molecular flexibility index (Phi) is 3.85. The molecule has 1 saturated heterocycles. The van der Waals surface area contributed by atoms with Gasteiger partial charge in [-0.1, -0.05) is 28.9 Å². The SMILES string of the molecule is O=C(O)[C@@H]1CCCN1C(=O)c1cc(-c2cccc(Cl)c2)on1. The number of rotatable bonds is 3. The minimum Gasteiger partial charge on any atom is -0.480 e. The molecule has 0 bridgehead atoms. The molecule has 1 atom stereocenters. The Morgan fingerprint density at radius 2 is 2.18 bits per heavy atom. The first-order valence-corrected chi connectivity index (χ1v) is 7.20. The summed E-state index contributed by atoms with van der Waals surface area (Å²) >= 11 is 5.92. The number of nitrogens with zero attached hydrogens (tertiary/aromatic N) is 2. The summed E-state index contributed by atoms with van der Waals surface area (Å²) in [4.78, 5) is 24.9. The molecule has 6 nitrogen and oxygen atoms in total. The van der Waals surface area contributed by atoms with E-state index in [1.165, 1.54) is 11.0 Å². The maximum Gasteiger partial charge on any atom is 0.326 e. The predicted octanol–water partition coefficient (Wildman–Crippen LogP) is 2.68. The first kappa shape index (κ1) is 14.6. The highest BCUT2D eigenvalue weighted by Gasteiger charge is 2.35. The van der Waals surface area contributed by atoms with Crippen LogP contribution in [0.3, 0.4) is 0 Å². The number of halogens is 1. The van der Waals surface area contributed by atoms with Crippen molar-refractivity contribution in [3.63, 3.8) is 0 Å². The lowest BCUT2D eigenvalue weighted by molar-refractivity contribution is -0.141. The van der Waals surface area contributed by atoms with Gasteiger partial charge in [-0.25, -0.2) is 4.79 Å². The number of carbonyl (C=O) groups is 2. The van der Waals surface area contributed by atoms with Gasteiger partial charge in [-0.05, 0) is 25.0 Å². The van der Waals surface area contributed by atoms with Crippen LogP contribution in [0.2, 0.25) is 5.02 Å². The number of carboxylic acids is 1. The minimum absolute atomic E-state index is 0.100. The molecule has 0 unspecified atom stereocenters. The third kappa shape index (κ3) is 2.69. The van der Waals surface area contributed by atoms with Crippen LogP contribution in [0.25, 0.3) is 11.3 Å². The Labute approximate surface area is 131 Å². The molecule has 0 spiro atoms. The molecular weight excluding hydrogens is 308 g/mol. The molecule has 3 rings (SSSR count). The molecule has 0 radical (unpaired) electrons. The van der Waals surface area contributed by atoms with Gasteiger partial charge in [0.05, 0.1) is 0 Å². The van der Waals surface area contributed by atoms with Gasteiger partial charge < -0.3 is 14.5 Å². The number of amides is 1. The van der Waals surface area contributed by atoms with Crippen molar-refractivity contribution in [2.45, 2.75) is 18.9 Å². The first-order chi connectivity index (χ1) is 10.6. The van der Waals surface area contributed by atoms with E-state index in [9.17, 15) is 9.59 Å². The number of aromatic nitrogens is 1. The number of hydrogen-bond acceptors (Lipinski definition) is 4. The van der Waals surface area contributed by atoms with Crippen molar-refractivity contribution in [3.8, 4) is 11.3 Å². The standard InChI is InChI=1S/C15H13ClN2O4/c16-10-4-1-3-9(7-10)13-8-11(17-22-13)14(19)18-6-2-5-12(18)15(20)21/h1,3-4,7-8,12H,2,5-6H2,(H,20,21)/t12-/m0/s1. The molecule has 114 valence electrons. The van der Waals surface area contributed by atoms with E-state index in [2.05, 4.69) is 5.16 Å². The molecule has 2 aromatic rings. The minimum atomic E-state index is -0.996. The van der Waals surface area contributed by atoms with Crippen LogP contribution in [0.5, 0.6) is 0 Å². The maximum absolute atomic E-state index is 12.4. The zero-order chi connectivity index (χ0) is 15.7. The molecular formula is C15H13ClN2O4. The number of benzene rings is 1. The lowest BCUT2D eigenvalue weighted by Crippen LogP contribution is -2.40. The molecule has 0 aliphatic carbocycles. The number of likely N-dealkylation sites (tertiary alicyclic amines) is 1. The zero-order valence-electron chi connectivity index (χ0n) is 11.5. The Hall–Kier alpha value is -2.34. The quantitative estimate of drug-likeness (QED) is 0.940. The highest BCUT2D eigenvalue weighted by Crippen LogP contribution is 2.25. The van der Waals surface area contributed by atoms with Crippen LogP contribution in [0.4, 0.5) is 0 Å². The largest absolute Gasteiger partial charge is 0.480 e. The van der Waals surface area contributed by atoms with E-state index < -0.39 is 17.9 Å². The van der Waals surface area contributed by atoms with Crippen LogP contribution in [0.1, 0.15) is 23.3 Å². The van der Waals surface area contributed by atoms with Crippen LogP contribution in [-0.2, 0) is 4.79 Å². The number of aliphatic carboxylic acids is 1. The highest BCUT2D eigenvalue weighted by atomic mass is 35.5. The normalized spacial score (nSPS) is 17.7. The molecule has 1 amide bonds. The van der Waals surface area contributed by atoms with E-state index in [-0.39, 0.29) is 5.69 Å². The molecule has 1 fully saturated rings. The van der Waals surface area contributed by atoms with Gasteiger partial charge in [0.1, 0.15) is 6.04 Å². The second-order valence-corrected chi connectivity index (χ2v) is 5.52. The van der Waals surface area contributed by atoms with E-state index in [4.69, 9.17) is 21.2 Å². The summed E-state index contributed by atoms with van der Waals surface area (Å²) in [5.74, 6) is -1.01. The van der Waals surface area contributed by atoms with E-state index >= 15 is 0 Å². The fourth-order valence-corrected chi connectivity index (χ4v) is 2.76. The Balaban J connectivity index is 1.84. The summed E-state index contributed by atoms with van der Waals surface area (Å²) in [6.07, 6.45) is 1.13. The van der Waals surface area contributed by atoms with Crippen LogP contribution in [0, 0.1) is 0 Å². The van der Waals surface area contributed by atoms with Crippen LogP contribution >= 0.6 is 11.6 Å². The molecule has 1 N–H and O–H groups in total. The van der Waals surface area contributed by atoms with Crippen molar-refractivity contribution in [2.75, 3.05) is 6.54 Å². The van der Waals surface area contributed by atoms with Crippen LogP contribution < -0.4 is 0 Å². The fraction of sp³-hybridized carbons (Fsp3) is 0.267. The Morgan fingerprint density at radius 1 is 1.36 bits per heavy atom. The first-order valence-electron chi connectivity index (χ1n) is 6.82. The lowest BCUT2D eigenvalue weighted by Gasteiger charge is -2.19. The third-order valence-electron chi connectivity index (χ3n) is 3.64. The molecule has 1 aromatic carbocycles. The number of hydrogen-bond donors (Lipinski definition) is 1. The molecule has 7 heteroatoms. The number of carboxylic acid groups (broad SMARTS) is 1. The fourth-order valence-electron chi connectivity index (χ4n) is 2.57. The average Bonchev–Trinajstić information content (AvgIpc) is 3.16. The van der Waals surface area contributed by atoms with E-state index in [0.717, 1.165) is 0 Å². The average molecular weight is 321 g/mol. The van der Waals surface area contributed by atoms with Crippen LogP contribution in [0.15, 0.2) is 34.9 Å². The lowest BCUT2D eigenvalue weighted by atomic mass is 10.1. The second kappa shape index (κ2) is 5.81. The van der Waals surface area contributed by atoms with Gasteiger partial charge in [0, 0.05) is 23.2 Å². The van der Waals surface area contributed by atoms with Gasteiger partial charge in [0.25, 0.3) is 5.91 Å². The molecule has 22 heavy (non-hydrogen) atoms. The number of carbonyl (C=O) groups excluding carboxylic acids is 1. The smallest absolute Gasteiger partial charge is 0.326 e. The molecule has 1 aliphatic rings. The third-order valence-corrected chi connectivity index (χ3v) is 3.87. The molecule has 2 heterocycles. The van der Waals surface area contributed by atoms with Crippen molar-refractivity contribution in [1.82, 2.24) is 10.1 Å². The van der Waals surface area contributed by atoms with Crippen molar-refractivity contribution in [2.24, 2.45) is 0 Å². The highest BCUT2D eigenvalue weighted by molar-refractivity contribution is 6.30. The van der Waals surface area contributed by atoms with Crippen molar-refractivity contribution < 1.29 is 19.2 Å². The molecule has 1 aliphatic heterocycles. The summed E-state index contributed by atoms with van der Waals surface area (Å²) in [6, 6.07) is 7.70. The Morgan fingerprint density at radius 3 is 2.91 bits per heavy atom. The predicted molar refractivity (Wildman–Crippen MR) is 78.6 cm³/mol. The summed E-state index contributed by atoms with van der Waals surface area (Å²) in [5, 5.41) is 13.4. The summed E-state index contributed by atoms with van der Waals surface area (Å²) in [5.41, 5.74) is 0.804. The summed E-state index contributed by atoms with van der Waals surface area (Å²) < 4.78 is 5.18. The van der Waals surface area contributed by atoms with Gasteiger partial charge in [-0.3, -0.25) is 4.79 Å². The topological polar surface area (TPSA) is 83.6 Å². The molecule has 0 saturated carbocycles. The molecule has 1 aromatic heterocycles. The van der Waals surface area contributed by atoms with Crippen LogP contribution in [-0.4, -0.2) is 39.6 Å². The van der Waals surface area contributed by atoms with E-state index in [1.54, 1.807) is 24.3 Å². The van der Waals surface area contributed by atoms with E-state index in [0.29, 0.717) is 35.7 Å². The van der Waals surface area contributed by atoms with Gasteiger partial charge in [-0.2, -0.15) is 0 Å².